The summed E-state index contributed by atoms with van der Waals surface area (Å²) in [4.78, 5) is 39.9. The van der Waals surface area contributed by atoms with E-state index in [9.17, 15) is 32.1 Å². The summed E-state index contributed by atoms with van der Waals surface area (Å²) in [7, 11) is -4.89. The summed E-state index contributed by atoms with van der Waals surface area (Å²) in [6.07, 6.45) is -0.532. The van der Waals surface area contributed by atoms with Crippen molar-refractivity contribution in [2.45, 2.75) is 17.4 Å². The fourth-order valence-electron chi connectivity index (χ4n) is 1.27. The predicted octanol–water partition coefficient (Wildman–Crippen LogP) is -2.80. The van der Waals surface area contributed by atoms with Gasteiger partial charge in [-0.3, -0.25) is 9.59 Å². The molecule has 0 heterocycles. The second-order valence-corrected chi connectivity index (χ2v) is 5.73. The van der Waals surface area contributed by atoms with E-state index >= 15 is 0 Å². The van der Waals surface area contributed by atoms with Gasteiger partial charge in [0.2, 0.25) is 0 Å². The normalized spacial score (nSPS) is 9.67. The van der Waals surface area contributed by atoms with E-state index in [4.69, 9.17) is 26.2 Å². The fraction of sp³-hybridized carbons (Fsp3) is 0.167. The van der Waals surface area contributed by atoms with Gasteiger partial charge in [-0.25, -0.2) is 18.0 Å². The maximum Gasteiger partial charge on any atom is 0.335 e. The Hall–Kier alpha value is 0.202. The predicted molar refractivity (Wildman–Crippen MR) is 83.4 cm³/mol. The first kappa shape index (κ1) is 44.0. The molecule has 0 aliphatic carbocycles. The average molecular weight is 681 g/mol. The molecule has 1 atom stereocenters. The van der Waals surface area contributed by atoms with Crippen LogP contribution in [0.2, 0.25) is 0 Å². The molecule has 0 aliphatic heterocycles. The van der Waals surface area contributed by atoms with Gasteiger partial charge in [0, 0.05) is 98.1 Å². The van der Waals surface area contributed by atoms with E-state index in [1.54, 1.807) is 0 Å². The van der Waals surface area contributed by atoms with Crippen molar-refractivity contribution in [2.75, 3.05) is 0 Å². The van der Waals surface area contributed by atoms with Crippen molar-refractivity contribution in [3.8, 4) is 0 Å². The van der Waals surface area contributed by atoms with Crippen LogP contribution in [0.15, 0.2) is 23.1 Å². The van der Waals surface area contributed by atoms with E-state index in [2.05, 4.69) is 0 Å². The zero-order valence-electron chi connectivity index (χ0n) is 14.9. The molecule has 163 valence electrons. The van der Waals surface area contributed by atoms with Gasteiger partial charge in [0.1, 0.15) is 16.2 Å². The Labute approximate surface area is 245 Å². The average Bonchev–Trinajstić information content (AvgIpc) is 2.45. The molecule has 1 unspecified atom stereocenters. The van der Waals surface area contributed by atoms with Gasteiger partial charge in [0.15, 0.2) is 0 Å². The molecule has 1 aromatic carbocycles. The molecule has 0 saturated carbocycles. The van der Waals surface area contributed by atoms with Crippen LogP contribution in [0, 0.1) is 0 Å². The van der Waals surface area contributed by atoms with Gasteiger partial charge in [0.05, 0.1) is 22.4 Å². The largest absolute Gasteiger partial charge is 0.744 e. The number of carboxylic acid groups (broad SMARTS) is 4. The van der Waals surface area contributed by atoms with Crippen molar-refractivity contribution in [1.29, 1.82) is 0 Å². The van der Waals surface area contributed by atoms with Crippen LogP contribution >= 0.6 is 0 Å². The Bertz CT molecular complexity index is 783. The number of hydrogen-bond donors (Lipinski definition) is 5. The molecule has 0 aliphatic rings. The number of aromatic carboxylic acids is 2. The standard InChI is InChI=1S/C8H6O7S.C4H7NO4.2H2O.3Y/c9-7(10)4-1-5(8(11)12)3-6(2-4)16(13,14)15;5-2(4(8)9)1-3(6)7;;;;;/h1-3H,(H,9,10)(H,11,12)(H,13,14,15);2H,1,5H2,(H,6,7)(H,8,9);2*1H2;;;/p-1. The first-order valence-electron chi connectivity index (χ1n) is 6.03. The van der Waals surface area contributed by atoms with Gasteiger partial charge in [-0.15, -0.1) is 0 Å². The molecule has 30 heavy (non-hydrogen) atoms. The van der Waals surface area contributed by atoms with Crippen LogP contribution in [0.3, 0.4) is 0 Å². The first-order chi connectivity index (χ1) is 11.3. The van der Waals surface area contributed by atoms with E-state index in [0.717, 1.165) is 6.07 Å². The zero-order valence-corrected chi connectivity index (χ0v) is 24.2. The summed E-state index contributed by atoms with van der Waals surface area (Å²) in [6, 6.07) is 0.690. The summed E-state index contributed by atoms with van der Waals surface area (Å²) >= 11 is 0. The molecule has 1 rings (SSSR count). The Balaban J connectivity index is -0.0000000914. The Kier molecular flexibility index (Phi) is 29.1. The molecule has 0 amide bonds. The molecule has 0 spiro atoms. The topological polar surface area (TPSA) is 295 Å². The smallest absolute Gasteiger partial charge is 0.335 e. The summed E-state index contributed by atoms with van der Waals surface area (Å²) in [6.45, 7) is 0. The molecule has 0 fully saturated rings. The van der Waals surface area contributed by atoms with Gasteiger partial charge >= 0.3 is 23.9 Å². The third-order valence-corrected chi connectivity index (χ3v) is 3.21. The number of carbonyl (C=O) groups is 4. The molecule has 3 radical (unpaired) electrons. The maximum atomic E-state index is 10.6. The SMILES string of the molecule is NC(CC(=O)O)C(=O)O.O.O.O=C(O)c1cc(C(=O)O)cc(S(=O)(=O)[O-])c1.[Y].[Y].[Y]. The minimum atomic E-state index is -4.89. The Morgan fingerprint density at radius 2 is 1.20 bits per heavy atom. The van der Waals surface area contributed by atoms with E-state index in [1.807, 2.05) is 0 Å². The van der Waals surface area contributed by atoms with Crippen molar-refractivity contribution in [1.82, 2.24) is 0 Å². The molecule has 1 aromatic rings. The van der Waals surface area contributed by atoms with E-state index in [0.29, 0.717) is 12.1 Å². The van der Waals surface area contributed by atoms with Crippen LogP contribution in [0.1, 0.15) is 27.1 Å². The second-order valence-electron chi connectivity index (χ2n) is 4.35. The number of rotatable bonds is 6. The fourth-order valence-corrected chi connectivity index (χ4v) is 1.81. The number of hydrogen-bond acceptors (Lipinski definition) is 8. The minimum Gasteiger partial charge on any atom is -0.744 e. The summed E-state index contributed by atoms with van der Waals surface area (Å²) in [5.41, 5.74) is 3.69. The third-order valence-electron chi connectivity index (χ3n) is 2.40. The van der Waals surface area contributed by atoms with Crippen LogP contribution < -0.4 is 5.73 Å². The number of aliphatic carboxylic acids is 2. The molecule has 0 bridgehead atoms. The van der Waals surface area contributed by atoms with Crippen LogP contribution in [0.25, 0.3) is 0 Å². The maximum absolute atomic E-state index is 10.6. The van der Waals surface area contributed by atoms with Crippen LogP contribution in [-0.2, 0) is 118 Å². The van der Waals surface area contributed by atoms with Crippen LogP contribution in [0.4, 0.5) is 0 Å². The first-order valence-corrected chi connectivity index (χ1v) is 7.44. The van der Waals surface area contributed by atoms with Gasteiger partial charge in [-0.1, -0.05) is 0 Å². The third kappa shape index (κ3) is 17.8. The van der Waals surface area contributed by atoms with Crippen molar-refractivity contribution >= 4 is 34.0 Å². The van der Waals surface area contributed by atoms with E-state index < -0.39 is 62.5 Å². The Morgan fingerprint density at radius 3 is 1.37 bits per heavy atom. The number of benzene rings is 1. The van der Waals surface area contributed by atoms with Gasteiger partial charge < -0.3 is 41.7 Å². The summed E-state index contributed by atoms with van der Waals surface area (Å²) in [5.74, 6) is -5.54. The van der Waals surface area contributed by atoms with E-state index in [1.165, 1.54) is 0 Å². The molecule has 0 aromatic heterocycles. The summed E-state index contributed by atoms with van der Waals surface area (Å²) in [5, 5.41) is 33.2. The van der Waals surface area contributed by atoms with Crippen molar-refractivity contribution in [3.63, 3.8) is 0 Å². The van der Waals surface area contributed by atoms with Crippen LogP contribution in [0.5, 0.6) is 0 Å². The molecule has 14 nitrogen and oxygen atoms in total. The zero-order chi connectivity index (χ0) is 19.9. The summed E-state index contributed by atoms with van der Waals surface area (Å²) < 4.78 is 31.9. The van der Waals surface area contributed by atoms with Gasteiger partial charge in [-0.2, -0.15) is 0 Å². The molecular formula is C12H16NO13SY3-. The number of nitrogens with two attached hydrogens (primary N) is 1. The Morgan fingerprint density at radius 1 is 0.867 bits per heavy atom. The monoisotopic (exact) mass is 681 g/mol. The number of carboxylic acids is 4. The minimum absolute atomic E-state index is 0. The second kappa shape index (κ2) is 19.9. The van der Waals surface area contributed by atoms with Crippen molar-refractivity contribution < 1.29 is 162 Å². The van der Waals surface area contributed by atoms with Crippen molar-refractivity contribution in [2.24, 2.45) is 5.73 Å². The quantitative estimate of drug-likeness (QED) is 0.190. The van der Waals surface area contributed by atoms with E-state index in [-0.39, 0.29) is 109 Å². The van der Waals surface area contributed by atoms with Crippen LogP contribution in [-0.4, -0.2) is 74.3 Å². The van der Waals surface area contributed by atoms with Gasteiger partial charge in [-0.05, 0) is 18.2 Å². The molecular weight excluding hydrogens is 665 g/mol. The molecule has 18 heteroatoms. The van der Waals surface area contributed by atoms with Crippen molar-refractivity contribution in [3.05, 3.63) is 29.3 Å². The molecule has 10 N–H and O–H groups in total. The van der Waals surface area contributed by atoms with Gasteiger partial charge in [0.25, 0.3) is 0 Å². The molecule has 0 saturated heterocycles.